The Morgan fingerprint density at radius 3 is 2.53 bits per heavy atom. The van der Waals surface area contributed by atoms with Crippen molar-refractivity contribution in [3.8, 4) is 0 Å². The molecule has 2 amide bonds. The van der Waals surface area contributed by atoms with Crippen LogP contribution in [0.5, 0.6) is 0 Å². The second kappa shape index (κ2) is 5.90. The number of rotatable bonds is 3. The van der Waals surface area contributed by atoms with Gasteiger partial charge in [-0.25, -0.2) is 0 Å². The maximum Gasteiger partial charge on any atom is 0.242 e. The van der Waals surface area contributed by atoms with E-state index in [0.717, 1.165) is 51.7 Å². The topological polar surface area (TPSA) is 75.4 Å². The van der Waals surface area contributed by atoms with Crippen molar-refractivity contribution in [2.24, 2.45) is 11.7 Å². The van der Waals surface area contributed by atoms with Crippen molar-refractivity contribution in [3.63, 3.8) is 0 Å². The number of nitrogens with zero attached hydrogens (tertiary/aromatic N) is 1. The van der Waals surface area contributed by atoms with Crippen molar-refractivity contribution >= 4 is 11.8 Å². The second-order valence-corrected chi connectivity index (χ2v) is 6.12. The third-order valence-corrected chi connectivity index (χ3v) is 4.48. The molecule has 0 aromatic carbocycles. The molecule has 3 N–H and O–H groups in total. The van der Waals surface area contributed by atoms with Crippen LogP contribution in [0.2, 0.25) is 0 Å². The first-order valence-electron chi connectivity index (χ1n) is 7.34. The Labute approximate surface area is 114 Å². The van der Waals surface area contributed by atoms with E-state index in [9.17, 15) is 9.59 Å². The molecule has 0 aliphatic carbocycles. The maximum absolute atomic E-state index is 12.6. The van der Waals surface area contributed by atoms with Gasteiger partial charge >= 0.3 is 0 Å². The highest BCUT2D eigenvalue weighted by Gasteiger charge is 2.38. The number of likely N-dealkylation sites (tertiary alicyclic amines) is 1. The lowest BCUT2D eigenvalue weighted by Crippen LogP contribution is -2.59. The maximum atomic E-state index is 12.6. The summed E-state index contributed by atoms with van der Waals surface area (Å²) in [4.78, 5) is 25.4. The minimum absolute atomic E-state index is 0.227. The minimum Gasteiger partial charge on any atom is -0.370 e. The lowest BCUT2D eigenvalue weighted by atomic mass is 9.87. The summed E-state index contributed by atoms with van der Waals surface area (Å²) < 4.78 is 0. The molecule has 1 atom stereocenters. The number of carbonyl (C=O) groups is 2. The molecule has 2 fully saturated rings. The molecule has 2 rings (SSSR count). The Kier molecular flexibility index (Phi) is 4.45. The third-order valence-electron chi connectivity index (χ3n) is 4.48. The number of amides is 2. The van der Waals surface area contributed by atoms with E-state index in [2.05, 4.69) is 5.32 Å². The van der Waals surface area contributed by atoms with E-state index >= 15 is 0 Å². The van der Waals surface area contributed by atoms with Gasteiger partial charge in [0.25, 0.3) is 0 Å². The first kappa shape index (κ1) is 14.3. The summed E-state index contributed by atoms with van der Waals surface area (Å²) in [6.45, 7) is 4.46. The molecule has 108 valence electrons. The van der Waals surface area contributed by atoms with Crippen molar-refractivity contribution in [2.75, 3.05) is 19.6 Å². The Hall–Kier alpha value is -1.10. The summed E-state index contributed by atoms with van der Waals surface area (Å²) in [5.74, 6) is 0.351. The molecule has 0 bridgehead atoms. The molecule has 0 aromatic rings. The van der Waals surface area contributed by atoms with E-state index in [1.807, 2.05) is 11.8 Å². The molecule has 2 saturated heterocycles. The zero-order valence-electron chi connectivity index (χ0n) is 11.8. The average Bonchev–Trinajstić information content (AvgIpc) is 2.39. The molecule has 19 heavy (non-hydrogen) atoms. The predicted molar refractivity (Wildman–Crippen MR) is 73.4 cm³/mol. The highest BCUT2D eigenvalue weighted by molar-refractivity contribution is 5.86. The summed E-state index contributed by atoms with van der Waals surface area (Å²) in [5.41, 5.74) is 4.85. The van der Waals surface area contributed by atoms with Crippen LogP contribution in [-0.2, 0) is 9.59 Å². The van der Waals surface area contributed by atoms with Gasteiger partial charge in [0.05, 0.1) is 5.54 Å². The van der Waals surface area contributed by atoms with E-state index < -0.39 is 0 Å². The van der Waals surface area contributed by atoms with Crippen LogP contribution < -0.4 is 11.1 Å². The number of hydrogen-bond donors (Lipinski definition) is 2. The second-order valence-electron chi connectivity index (χ2n) is 6.12. The molecular formula is C14H25N3O2. The Bertz CT molecular complexity index is 343. The standard InChI is InChI=1S/C14H25N3O2/c1-14(6-2-3-7-16-14)13(19)17-8-4-11(5-9-17)10-12(15)18/h11,16H,2-10H2,1H3,(H2,15,18). The molecule has 2 aliphatic heterocycles. The van der Waals surface area contributed by atoms with Gasteiger partial charge in [-0.1, -0.05) is 0 Å². The molecule has 0 saturated carbocycles. The van der Waals surface area contributed by atoms with E-state index in [4.69, 9.17) is 5.73 Å². The van der Waals surface area contributed by atoms with Gasteiger partial charge in [-0.05, 0) is 51.5 Å². The van der Waals surface area contributed by atoms with E-state index in [1.54, 1.807) is 0 Å². The third kappa shape index (κ3) is 3.47. The van der Waals surface area contributed by atoms with E-state index in [-0.39, 0.29) is 17.4 Å². The van der Waals surface area contributed by atoms with Crippen LogP contribution in [0.4, 0.5) is 0 Å². The molecule has 5 nitrogen and oxygen atoms in total. The van der Waals surface area contributed by atoms with Gasteiger partial charge in [-0.2, -0.15) is 0 Å². The normalized spacial score (nSPS) is 29.2. The summed E-state index contributed by atoms with van der Waals surface area (Å²) in [6.07, 6.45) is 5.44. The molecule has 0 spiro atoms. The monoisotopic (exact) mass is 267 g/mol. The van der Waals surface area contributed by atoms with Crippen LogP contribution >= 0.6 is 0 Å². The molecule has 2 aliphatic rings. The van der Waals surface area contributed by atoms with Crippen molar-refractivity contribution in [1.82, 2.24) is 10.2 Å². The summed E-state index contributed by atoms with van der Waals surface area (Å²) in [7, 11) is 0. The number of nitrogens with one attached hydrogen (secondary N) is 1. The van der Waals surface area contributed by atoms with E-state index in [1.165, 1.54) is 0 Å². The quantitative estimate of drug-likeness (QED) is 0.787. The van der Waals surface area contributed by atoms with Crippen molar-refractivity contribution < 1.29 is 9.59 Å². The average molecular weight is 267 g/mol. The van der Waals surface area contributed by atoms with Crippen molar-refractivity contribution in [3.05, 3.63) is 0 Å². The van der Waals surface area contributed by atoms with Gasteiger partial charge in [0.1, 0.15) is 0 Å². The van der Waals surface area contributed by atoms with E-state index in [0.29, 0.717) is 12.3 Å². The van der Waals surface area contributed by atoms with Crippen LogP contribution in [0, 0.1) is 5.92 Å². The lowest BCUT2D eigenvalue weighted by molar-refractivity contribution is -0.140. The highest BCUT2D eigenvalue weighted by atomic mass is 16.2. The molecule has 0 aromatic heterocycles. The zero-order chi connectivity index (χ0) is 13.9. The van der Waals surface area contributed by atoms with Gasteiger partial charge in [-0.15, -0.1) is 0 Å². The molecular weight excluding hydrogens is 242 g/mol. The van der Waals surface area contributed by atoms with Crippen LogP contribution in [0.25, 0.3) is 0 Å². The van der Waals surface area contributed by atoms with Crippen molar-refractivity contribution in [2.45, 2.75) is 51.0 Å². The van der Waals surface area contributed by atoms with Gasteiger partial charge in [-0.3, -0.25) is 9.59 Å². The van der Waals surface area contributed by atoms with Gasteiger partial charge < -0.3 is 16.0 Å². The van der Waals surface area contributed by atoms with Crippen LogP contribution in [0.1, 0.15) is 45.4 Å². The lowest BCUT2D eigenvalue weighted by Gasteiger charge is -2.40. The number of hydrogen-bond acceptors (Lipinski definition) is 3. The number of primary amides is 1. The van der Waals surface area contributed by atoms with Crippen LogP contribution in [0.15, 0.2) is 0 Å². The zero-order valence-corrected chi connectivity index (χ0v) is 11.8. The fourth-order valence-electron chi connectivity index (χ4n) is 3.21. The molecule has 2 heterocycles. The Morgan fingerprint density at radius 2 is 2.00 bits per heavy atom. The van der Waals surface area contributed by atoms with Gasteiger partial charge in [0.15, 0.2) is 0 Å². The summed E-state index contributed by atoms with van der Waals surface area (Å²) >= 11 is 0. The number of carbonyl (C=O) groups excluding carboxylic acids is 2. The molecule has 1 unspecified atom stereocenters. The van der Waals surface area contributed by atoms with Crippen LogP contribution in [-0.4, -0.2) is 41.9 Å². The van der Waals surface area contributed by atoms with Gasteiger partial charge in [0.2, 0.25) is 11.8 Å². The summed E-state index contributed by atoms with van der Waals surface area (Å²) in [6, 6.07) is 0. The molecule has 5 heteroatoms. The fourth-order valence-corrected chi connectivity index (χ4v) is 3.21. The minimum atomic E-state index is -0.380. The largest absolute Gasteiger partial charge is 0.370 e. The molecule has 0 radical (unpaired) electrons. The van der Waals surface area contributed by atoms with Gasteiger partial charge in [0, 0.05) is 19.5 Å². The van der Waals surface area contributed by atoms with Crippen LogP contribution in [0.3, 0.4) is 0 Å². The number of nitrogens with two attached hydrogens (primary N) is 1. The first-order valence-corrected chi connectivity index (χ1v) is 7.34. The fraction of sp³-hybridized carbons (Fsp3) is 0.857. The SMILES string of the molecule is CC1(C(=O)N2CCC(CC(N)=O)CC2)CCCCN1. The highest BCUT2D eigenvalue weighted by Crippen LogP contribution is 2.26. The predicted octanol–water partition coefficient (Wildman–Crippen LogP) is 0.633. The first-order chi connectivity index (χ1) is 9.01. The Morgan fingerprint density at radius 1 is 1.32 bits per heavy atom. The smallest absolute Gasteiger partial charge is 0.242 e. The Balaban J connectivity index is 1.86. The van der Waals surface area contributed by atoms with Crippen molar-refractivity contribution in [1.29, 1.82) is 0 Å². The summed E-state index contributed by atoms with van der Waals surface area (Å²) in [5, 5.41) is 3.37. The number of piperidine rings is 2.